The van der Waals surface area contributed by atoms with Crippen molar-refractivity contribution in [3.8, 4) is 28.4 Å². The molecule has 1 N–H and O–H groups in total. The highest BCUT2D eigenvalue weighted by molar-refractivity contribution is 5.84. The van der Waals surface area contributed by atoms with Gasteiger partial charge in [0.25, 0.3) is 0 Å². The summed E-state index contributed by atoms with van der Waals surface area (Å²) < 4.78 is 11.4. The van der Waals surface area contributed by atoms with E-state index in [1.807, 2.05) is 62.3 Å². The van der Waals surface area contributed by atoms with Crippen molar-refractivity contribution in [2.24, 2.45) is 0 Å². The van der Waals surface area contributed by atoms with Gasteiger partial charge in [-0.1, -0.05) is 37.8 Å². The molecule has 2 rings (SSSR count). The molecule has 0 radical (unpaired) electrons. The molecule has 0 heterocycles. The first-order chi connectivity index (χ1) is 11.6. The molecule has 24 heavy (non-hydrogen) atoms. The zero-order valence-electron chi connectivity index (χ0n) is 14.6. The number of rotatable bonds is 8. The molecule has 0 atom stereocenters. The quantitative estimate of drug-likeness (QED) is 0.726. The number of aromatic hydroxyl groups is 1. The fraction of sp³-hybridized carbons (Fsp3) is 0.300. The van der Waals surface area contributed by atoms with Crippen LogP contribution in [0.15, 0.2) is 49.1 Å². The zero-order valence-corrected chi connectivity index (χ0v) is 14.6. The van der Waals surface area contributed by atoms with Crippen molar-refractivity contribution in [1.29, 1.82) is 0 Å². The van der Waals surface area contributed by atoms with Crippen LogP contribution in [0.4, 0.5) is 5.69 Å². The molecule has 0 saturated heterocycles. The van der Waals surface area contributed by atoms with Crippen LogP contribution in [0.5, 0.6) is 17.2 Å². The van der Waals surface area contributed by atoms with Crippen LogP contribution in [-0.4, -0.2) is 32.4 Å². The van der Waals surface area contributed by atoms with Crippen LogP contribution in [-0.2, 0) is 0 Å². The van der Waals surface area contributed by atoms with Gasteiger partial charge >= 0.3 is 0 Å². The second-order valence-electron chi connectivity index (χ2n) is 5.65. The normalized spacial score (nSPS) is 10.3. The van der Waals surface area contributed by atoms with Crippen LogP contribution < -0.4 is 14.4 Å². The molecule has 0 aliphatic heterocycles. The smallest absolute Gasteiger partial charge is 0.204 e. The van der Waals surface area contributed by atoms with Gasteiger partial charge in [-0.05, 0) is 24.6 Å². The Morgan fingerprint density at radius 2 is 1.83 bits per heavy atom. The topological polar surface area (TPSA) is 41.9 Å². The Morgan fingerprint density at radius 3 is 2.50 bits per heavy atom. The third-order valence-corrected chi connectivity index (χ3v) is 3.58. The second kappa shape index (κ2) is 8.29. The van der Waals surface area contributed by atoms with Gasteiger partial charge in [0.2, 0.25) is 5.75 Å². The third-order valence-electron chi connectivity index (χ3n) is 3.58. The molecule has 0 bridgehead atoms. The Kier molecular flexibility index (Phi) is 6.13. The maximum atomic E-state index is 10.8. The number of nitrogens with zero attached hydrogens (tertiary/aromatic N) is 1. The highest BCUT2D eigenvalue weighted by Crippen LogP contribution is 2.45. The van der Waals surface area contributed by atoms with E-state index < -0.39 is 0 Å². The summed E-state index contributed by atoms with van der Waals surface area (Å²) in [5.41, 5.74) is 2.66. The van der Waals surface area contributed by atoms with Crippen LogP contribution in [0.1, 0.15) is 13.3 Å². The predicted molar refractivity (Wildman–Crippen MR) is 99.3 cm³/mol. The minimum atomic E-state index is 0.0831. The molecule has 0 fully saturated rings. The van der Waals surface area contributed by atoms with Gasteiger partial charge in [-0.2, -0.15) is 0 Å². The average molecular weight is 327 g/mol. The molecular formula is C20H25NO3. The number of ether oxygens (including phenoxy) is 2. The van der Waals surface area contributed by atoms with Gasteiger partial charge < -0.3 is 19.5 Å². The van der Waals surface area contributed by atoms with E-state index >= 15 is 0 Å². The molecule has 128 valence electrons. The fourth-order valence-corrected chi connectivity index (χ4v) is 2.47. The van der Waals surface area contributed by atoms with E-state index in [2.05, 4.69) is 6.58 Å². The van der Waals surface area contributed by atoms with Crippen LogP contribution in [0, 0.1) is 0 Å². The lowest BCUT2D eigenvalue weighted by Gasteiger charge is -2.20. The van der Waals surface area contributed by atoms with E-state index in [1.165, 1.54) is 0 Å². The van der Waals surface area contributed by atoms with Gasteiger partial charge in [0.05, 0.1) is 6.61 Å². The van der Waals surface area contributed by atoms with Crippen LogP contribution in [0.2, 0.25) is 0 Å². The summed E-state index contributed by atoms with van der Waals surface area (Å²) in [7, 11) is 3.95. The van der Waals surface area contributed by atoms with E-state index in [0.29, 0.717) is 30.3 Å². The Bertz CT molecular complexity index is 695. The Balaban J connectivity index is 2.54. The number of anilines is 1. The first-order valence-electron chi connectivity index (χ1n) is 8.09. The molecule has 0 aromatic heterocycles. The highest BCUT2D eigenvalue weighted by atomic mass is 16.5. The van der Waals surface area contributed by atoms with Crippen LogP contribution >= 0.6 is 0 Å². The molecule has 0 spiro atoms. The Labute approximate surface area is 143 Å². The lowest BCUT2D eigenvalue weighted by molar-refractivity contribution is 0.274. The van der Waals surface area contributed by atoms with Crippen molar-refractivity contribution in [3.63, 3.8) is 0 Å². The van der Waals surface area contributed by atoms with Crippen LogP contribution in [0.25, 0.3) is 11.1 Å². The van der Waals surface area contributed by atoms with E-state index in [-0.39, 0.29) is 5.75 Å². The molecule has 0 amide bonds. The minimum Gasteiger partial charge on any atom is -0.504 e. The number of phenolic OH excluding ortho intramolecular Hbond substituents is 1. The van der Waals surface area contributed by atoms with Gasteiger partial charge in [0, 0.05) is 30.9 Å². The molecule has 0 aliphatic rings. The van der Waals surface area contributed by atoms with E-state index in [0.717, 1.165) is 17.7 Å². The van der Waals surface area contributed by atoms with E-state index in [1.54, 1.807) is 6.08 Å². The van der Waals surface area contributed by atoms with E-state index in [4.69, 9.17) is 9.47 Å². The van der Waals surface area contributed by atoms with Crippen LogP contribution in [0.3, 0.4) is 0 Å². The molecule has 4 nitrogen and oxygen atoms in total. The van der Waals surface area contributed by atoms with Gasteiger partial charge in [-0.3, -0.25) is 0 Å². The van der Waals surface area contributed by atoms with Crippen molar-refractivity contribution in [2.45, 2.75) is 13.3 Å². The fourth-order valence-electron chi connectivity index (χ4n) is 2.47. The second-order valence-corrected chi connectivity index (χ2v) is 5.65. The first kappa shape index (κ1) is 17.7. The monoisotopic (exact) mass is 327 g/mol. The van der Waals surface area contributed by atoms with Gasteiger partial charge in [0.1, 0.15) is 6.61 Å². The van der Waals surface area contributed by atoms with Crippen molar-refractivity contribution in [3.05, 3.63) is 49.1 Å². The molecule has 4 heteroatoms. The summed E-state index contributed by atoms with van der Waals surface area (Å²) in [6.45, 7) is 6.56. The molecule has 0 unspecified atom stereocenters. The summed E-state index contributed by atoms with van der Waals surface area (Å²) in [6.07, 6.45) is 2.52. The summed E-state index contributed by atoms with van der Waals surface area (Å²) in [5, 5.41) is 10.8. The zero-order chi connectivity index (χ0) is 17.5. The molecule has 2 aromatic carbocycles. The van der Waals surface area contributed by atoms with Crippen molar-refractivity contribution in [2.75, 3.05) is 32.2 Å². The van der Waals surface area contributed by atoms with Crippen molar-refractivity contribution >= 4 is 5.69 Å². The lowest BCUT2D eigenvalue weighted by Crippen LogP contribution is -2.10. The number of benzene rings is 2. The molecule has 0 saturated carbocycles. The van der Waals surface area contributed by atoms with Crippen molar-refractivity contribution < 1.29 is 14.6 Å². The van der Waals surface area contributed by atoms with E-state index in [9.17, 15) is 5.11 Å². The third kappa shape index (κ3) is 3.82. The minimum absolute atomic E-state index is 0.0831. The summed E-state index contributed by atoms with van der Waals surface area (Å²) in [6, 6.07) is 11.6. The number of hydrogen-bond donors (Lipinski definition) is 1. The summed E-state index contributed by atoms with van der Waals surface area (Å²) in [4.78, 5) is 2.01. The molecular weight excluding hydrogens is 302 g/mol. The van der Waals surface area contributed by atoms with Gasteiger partial charge in [-0.25, -0.2) is 0 Å². The maximum Gasteiger partial charge on any atom is 0.204 e. The predicted octanol–water partition coefficient (Wildman–Crippen LogP) is 4.48. The van der Waals surface area contributed by atoms with Gasteiger partial charge in [-0.15, -0.1) is 0 Å². The highest BCUT2D eigenvalue weighted by Gasteiger charge is 2.18. The van der Waals surface area contributed by atoms with Crippen molar-refractivity contribution in [1.82, 2.24) is 0 Å². The summed E-state index contributed by atoms with van der Waals surface area (Å²) in [5.74, 6) is 0.983. The molecule has 2 aromatic rings. The average Bonchev–Trinajstić information content (AvgIpc) is 2.59. The Hall–Kier alpha value is -2.62. The number of phenols is 1. The maximum absolute atomic E-state index is 10.8. The molecule has 0 aliphatic carbocycles. The van der Waals surface area contributed by atoms with Gasteiger partial charge in [0.15, 0.2) is 11.5 Å². The standard InChI is InChI=1S/C20H25NO3/c1-5-13-23-18-12-11-16(19(22)20(18)24-14-6-2)15-9-7-8-10-17(15)21(3)4/h6-12,22H,2,5,13-14H2,1,3-4H3. The SMILES string of the molecule is C=CCOc1c(OCCC)ccc(-c2ccccc2N(C)C)c1O. The number of para-hydroxylation sites is 1. The number of hydrogen-bond acceptors (Lipinski definition) is 4. The first-order valence-corrected chi connectivity index (χ1v) is 8.09. The largest absolute Gasteiger partial charge is 0.504 e. The lowest BCUT2D eigenvalue weighted by atomic mass is 10.0. The summed E-state index contributed by atoms with van der Waals surface area (Å²) >= 11 is 0. The Morgan fingerprint density at radius 1 is 1.08 bits per heavy atom.